The van der Waals surface area contributed by atoms with Crippen LogP contribution in [0.5, 0.6) is 0 Å². The second kappa shape index (κ2) is 8.60. The molecule has 0 unspecified atom stereocenters. The topological polar surface area (TPSA) is 21.3 Å². The summed E-state index contributed by atoms with van der Waals surface area (Å²) < 4.78 is 5.41. The SMILES string of the molecule is CN/C=C/CCOCCC(C)C. The Morgan fingerprint density at radius 3 is 2.67 bits per heavy atom. The Balaban J connectivity index is 2.96. The van der Waals surface area contributed by atoms with Gasteiger partial charge in [0.05, 0.1) is 6.61 Å². The number of hydrogen-bond donors (Lipinski definition) is 1. The first kappa shape index (κ1) is 11.5. The van der Waals surface area contributed by atoms with Crippen molar-refractivity contribution in [1.82, 2.24) is 5.32 Å². The molecule has 0 aliphatic rings. The first-order chi connectivity index (χ1) is 5.77. The predicted octanol–water partition coefficient (Wildman–Crippen LogP) is 2.17. The molecule has 0 aromatic rings. The molecule has 0 rings (SSSR count). The molecule has 1 N–H and O–H groups in total. The van der Waals surface area contributed by atoms with Crippen molar-refractivity contribution in [3.05, 3.63) is 12.3 Å². The minimum atomic E-state index is 0.748. The van der Waals surface area contributed by atoms with Crippen molar-refractivity contribution in [3.63, 3.8) is 0 Å². The summed E-state index contributed by atoms with van der Waals surface area (Å²) in [6.07, 6.45) is 6.18. The lowest BCUT2D eigenvalue weighted by atomic mass is 10.1. The van der Waals surface area contributed by atoms with E-state index in [1.165, 1.54) is 0 Å². The zero-order chi connectivity index (χ0) is 9.23. The van der Waals surface area contributed by atoms with Crippen molar-refractivity contribution in [2.24, 2.45) is 5.92 Å². The third kappa shape index (κ3) is 9.50. The van der Waals surface area contributed by atoms with Crippen LogP contribution in [0.1, 0.15) is 26.7 Å². The van der Waals surface area contributed by atoms with Gasteiger partial charge < -0.3 is 10.1 Å². The molecule has 0 fully saturated rings. The second-order valence-electron chi connectivity index (χ2n) is 3.27. The maximum Gasteiger partial charge on any atom is 0.0501 e. The minimum absolute atomic E-state index is 0.748. The van der Waals surface area contributed by atoms with Crippen molar-refractivity contribution >= 4 is 0 Å². The van der Waals surface area contributed by atoms with Crippen molar-refractivity contribution < 1.29 is 4.74 Å². The largest absolute Gasteiger partial charge is 0.394 e. The Hall–Kier alpha value is -0.500. The summed E-state index contributed by atoms with van der Waals surface area (Å²) in [6, 6.07) is 0. The van der Waals surface area contributed by atoms with Crippen LogP contribution in [0, 0.1) is 5.92 Å². The zero-order valence-electron chi connectivity index (χ0n) is 8.47. The number of ether oxygens (including phenoxy) is 1. The van der Waals surface area contributed by atoms with Crippen molar-refractivity contribution in [1.29, 1.82) is 0 Å². The molecule has 0 spiro atoms. The van der Waals surface area contributed by atoms with E-state index in [4.69, 9.17) is 4.74 Å². The monoisotopic (exact) mass is 171 g/mol. The van der Waals surface area contributed by atoms with Gasteiger partial charge in [-0.15, -0.1) is 0 Å². The fourth-order valence-corrected chi connectivity index (χ4v) is 0.774. The van der Waals surface area contributed by atoms with Crippen LogP contribution < -0.4 is 5.32 Å². The van der Waals surface area contributed by atoms with Crippen LogP contribution in [-0.2, 0) is 4.74 Å². The summed E-state index contributed by atoms with van der Waals surface area (Å²) in [5, 5.41) is 2.94. The normalized spacial score (nSPS) is 11.3. The van der Waals surface area contributed by atoms with Crippen molar-refractivity contribution in [2.75, 3.05) is 20.3 Å². The summed E-state index contributed by atoms with van der Waals surface area (Å²) in [4.78, 5) is 0. The highest BCUT2D eigenvalue weighted by molar-refractivity contribution is 4.77. The standard InChI is InChI=1S/C10H21NO/c1-10(2)6-9-12-8-5-4-7-11-3/h4,7,10-11H,5-6,8-9H2,1-3H3/b7-4+. The van der Waals surface area contributed by atoms with Gasteiger partial charge in [0.25, 0.3) is 0 Å². The van der Waals surface area contributed by atoms with E-state index in [0.29, 0.717) is 0 Å². The van der Waals surface area contributed by atoms with E-state index in [9.17, 15) is 0 Å². The summed E-state index contributed by atoms with van der Waals surface area (Å²) in [7, 11) is 1.90. The Morgan fingerprint density at radius 2 is 2.08 bits per heavy atom. The van der Waals surface area contributed by atoms with Crippen LogP contribution in [-0.4, -0.2) is 20.3 Å². The average molecular weight is 171 g/mol. The van der Waals surface area contributed by atoms with Crippen LogP contribution >= 0.6 is 0 Å². The maximum atomic E-state index is 5.41. The number of hydrogen-bond acceptors (Lipinski definition) is 2. The summed E-state index contributed by atoms with van der Waals surface area (Å²) in [5.74, 6) is 0.748. The van der Waals surface area contributed by atoms with E-state index in [1.807, 2.05) is 13.2 Å². The Morgan fingerprint density at radius 1 is 1.33 bits per heavy atom. The lowest BCUT2D eigenvalue weighted by Gasteiger charge is -2.04. The second-order valence-corrected chi connectivity index (χ2v) is 3.27. The van der Waals surface area contributed by atoms with E-state index in [-0.39, 0.29) is 0 Å². The van der Waals surface area contributed by atoms with E-state index in [0.717, 1.165) is 32.0 Å². The molecule has 0 saturated carbocycles. The summed E-state index contributed by atoms with van der Waals surface area (Å²) in [6.45, 7) is 6.16. The molecule has 12 heavy (non-hydrogen) atoms. The van der Waals surface area contributed by atoms with Crippen LogP contribution in [0.25, 0.3) is 0 Å². The number of nitrogens with one attached hydrogen (secondary N) is 1. The van der Waals surface area contributed by atoms with Gasteiger partial charge in [-0.2, -0.15) is 0 Å². The molecule has 72 valence electrons. The Kier molecular flexibility index (Phi) is 8.24. The summed E-state index contributed by atoms with van der Waals surface area (Å²) >= 11 is 0. The lowest BCUT2D eigenvalue weighted by Crippen LogP contribution is -2.00. The highest BCUT2D eigenvalue weighted by atomic mass is 16.5. The maximum absolute atomic E-state index is 5.41. The fourth-order valence-electron chi connectivity index (χ4n) is 0.774. The quantitative estimate of drug-likeness (QED) is 0.593. The number of rotatable bonds is 7. The molecule has 0 saturated heterocycles. The Labute approximate surface area is 76.0 Å². The molecule has 0 aliphatic heterocycles. The summed E-state index contributed by atoms with van der Waals surface area (Å²) in [5.41, 5.74) is 0. The fraction of sp³-hybridized carbons (Fsp3) is 0.800. The average Bonchev–Trinajstić information content (AvgIpc) is 2.02. The molecule has 0 aromatic heterocycles. The van der Waals surface area contributed by atoms with Gasteiger partial charge in [-0.25, -0.2) is 0 Å². The molecule has 2 nitrogen and oxygen atoms in total. The van der Waals surface area contributed by atoms with Gasteiger partial charge in [0.2, 0.25) is 0 Å². The van der Waals surface area contributed by atoms with E-state index >= 15 is 0 Å². The van der Waals surface area contributed by atoms with Crippen LogP contribution in [0.15, 0.2) is 12.3 Å². The van der Waals surface area contributed by atoms with Gasteiger partial charge in [0.15, 0.2) is 0 Å². The van der Waals surface area contributed by atoms with Crippen molar-refractivity contribution in [2.45, 2.75) is 26.7 Å². The first-order valence-electron chi connectivity index (χ1n) is 4.67. The van der Waals surface area contributed by atoms with Gasteiger partial charge >= 0.3 is 0 Å². The van der Waals surface area contributed by atoms with Gasteiger partial charge in [-0.05, 0) is 25.0 Å². The first-order valence-corrected chi connectivity index (χ1v) is 4.67. The van der Waals surface area contributed by atoms with E-state index < -0.39 is 0 Å². The molecule has 0 amide bonds. The molecule has 0 aromatic carbocycles. The predicted molar refractivity (Wildman–Crippen MR) is 53.1 cm³/mol. The van der Waals surface area contributed by atoms with Crippen LogP contribution in [0.2, 0.25) is 0 Å². The van der Waals surface area contributed by atoms with E-state index in [2.05, 4.69) is 25.2 Å². The van der Waals surface area contributed by atoms with Gasteiger partial charge in [-0.1, -0.05) is 19.9 Å². The molecule has 0 aliphatic carbocycles. The third-order valence-corrected chi connectivity index (χ3v) is 1.55. The highest BCUT2D eigenvalue weighted by Crippen LogP contribution is 1.98. The third-order valence-electron chi connectivity index (χ3n) is 1.55. The van der Waals surface area contributed by atoms with E-state index in [1.54, 1.807) is 0 Å². The molecule has 0 atom stereocenters. The minimum Gasteiger partial charge on any atom is -0.394 e. The molecule has 0 bridgehead atoms. The Bertz CT molecular complexity index is 110. The van der Waals surface area contributed by atoms with Crippen molar-refractivity contribution in [3.8, 4) is 0 Å². The highest BCUT2D eigenvalue weighted by Gasteiger charge is 1.92. The van der Waals surface area contributed by atoms with Gasteiger partial charge in [0, 0.05) is 13.7 Å². The van der Waals surface area contributed by atoms with Crippen LogP contribution in [0.4, 0.5) is 0 Å². The smallest absolute Gasteiger partial charge is 0.0501 e. The zero-order valence-corrected chi connectivity index (χ0v) is 8.47. The molecular weight excluding hydrogens is 150 g/mol. The van der Waals surface area contributed by atoms with Gasteiger partial charge in [0.1, 0.15) is 0 Å². The molecule has 2 heteroatoms. The molecular formula is C10H21NO. The molecule has 0 heterocycles. The lowest BCUT2D eigenvalue weighted by molar-refractivity contribution is 0.128. The van der Waals surface area contributed by atoms with Gasteiger partial charge in [-0.3, -0.25) is 0 Å². The molecule has 0 radical (unpaired) electrons. The van der Waals surface area contributed by atoms with Crippen LogP contribution in [0.3, 0.4) is 0 Å².